The Morgan fingerprint density at radius 1 is 1.13 bits per heavy atom. The van der Waals surface area contributed by atoms with Gasteiger partial charge in [-0.25, -0.2) is 9.97 Å². The minimum absolute atomic E-state index is 0. The summed E-state index contributed by atoms with van der Waals surface area (Å²) in [6.45, 7) is 2.01. The fourth-order valence-electron chi connectivity index (χ4n) is 2.30. The molecular weight excluding hydrogens is 416 g/mol. The van der Waals surface area contributed by atoms with Crippen molar-refractivity contribution in [3.8, 4) is 11.4 Å². The average Bonchev–Trinajstić information content (AvgIpc) is 3.17. The van der Waals surface area contributed by atoms with Gasteiger partial charge in [0, 0.05) is 27.7 Å². The standard InChI is InChI=1S/C15H11ClN4S2.BrH/c1-9-13(20-6-7-21-15(20)17-9)12-8-22-14(19-12)18-11-4-2-10(16)3-5-11;/h2-8H,1H3,(H,18,19);1H. The number of anilines is 2. The molecule has 8 heteroatoms. The molecule has 0 amide bonds. The SMILES string of the molecule is Br.Cc1nc2sccn2c1-c1csc(Nc2ccc(Cl)cc2)n1. The van der Waals surface area contributed by atoms with E-state index in [0.29, 0.717) is 0 Å². The van der Waals surface area contributed by atoms with Gasteiger partial charge in [-0.3, -0.25) is 4.40 Å². The van der Waals surface area contributed by atoms with E-state index in [2.05, 4.69) is 19.7 Å². The van der Waals surface area contributed by atoms with Crippen molar-refractivity contribution in [2.24, 2.45) is 0 Å². The molecule has 3 aromatic heterocycles. The third kappa shape index (κ3) is 3.14. The monoisotopic (exact) mass is 426 g/mol. The van der Waals surface area contributed by atoms with Gasteiger partial charge < -0.3 is 5.32 Å². The number of halogens is 2. The van der Waals surface area contributed by atoms with Crippen LogP contribution < -0.4 is 5.32 Å². The van der Waals surface area contributed by atoms with Crippen LogP contribution in [-0.2, 0) is 0 Å². The molecular formula is C15H12BrClN4S2. The second-order valence-electron chi connectivity index (χ2n) is 4.77. The van der Waals surface area contributed by atoms with E-state index < -0.39 is 0 Å². The Kier molecular flexibility index (Phi) is 4.72. The van der Waals surface area contributed by atoms with Gasteiger partial charge in [-0.05, 0) is 31.2 Å². The molecule has 0 radical (unpaired) electrons. The number of fused-ring (bicyclic) bond motifs is 1. The van der Waals surface area contributed by atoms with Gasteiger partial charge in [0.25, 0.3) is 0 Å². The van der Waals surface area contributed by atoms with Crippen molar-refractivity contribution in [2.75, 3.05) is 5.32 Å². The first-order valence-electron chi connectivity index (χ1n) is 6.61. The summed E-state index contributed by atoms with van der Waals surface area (Å²) >= 11 is 9.10. The van der Waals surface area contributed by atoms with Crippen LogP contribution in [0.5, 0.6) is 0 Å². The lowest BCUT2D eigenvalue weighted by atomic mass is 10.3. The van der Waals surface area contributed by atoms with Crippen LogP contribution >= 0.6 is 51.3 Å². The van der Waals surface area contributed by atoms with Crippen LogP contribution in [0.4, 0.5) is 10.8 Å². The molecule has 3 heterocycles. The van der Waals surface area contributed by atoms with Crippen LogP contribution in [0.15, 0.2) is 41.2 Å². The van der Waals surface area contributed by atoms with E-state index in [1.54, 1.807) is 22.7 Å². The number of nitrogens with zero attached hydrogens (tertiary/aromatic N) is 3. The number of imidazole rings is 1. The predicted octanol–water partition coefficient (Wildman–Crippen LogP) is 5.80. The maximum atomic E-state index is 5.90. The Balaban J connectivity index is 0.00000156. The molecule has 0 spiro atoms. The third-order valence-electron chi connectivity index (χ3n) is 3.28. The number of rotatable bonds is 3. The lowest BCUT2D eigenvalue weighted by molar-refractivity contribution is 1.20. The van der Waals surface area contributed by atoms with Gasteiger partial charge in [0.2, 0.25) is 0 Å². The molecule has 4 aromatic rings. The number of hydrogen-bond donors (Lipinski definition) is 1. The second-order valence-corrected chi connectivity index (χ2v) is 6.94. The number of hydrogen-bond acceptors (Lipinski definition) is 5. The van der Waals surface area contributed by atoms with Crippen molar-refractivity contribution in [1.29, 1.82) is 0 Å². The molecule has 1 N–H and O–H groups in total. The van der Waals surface area contributed by atoms with Crippen LogP contribution in [0.3, 0.4) is 0 Å². The van der Waals surface area contributed by atoms with Crippen LogP contribution in [-0.4, -0.2) is 14.4 Å². The smallest absolute Gasteiger partial charge is 0.194 e. The Hall–Kier alpha value is -1.41. The Morgan fingerprint density at radius 3 is 2.70 bits per heavy atom. The van der Waals surface area contributed by atoms with Crippen LogP contribution in [0.1, 0.15) is 5.69 Å². The van der Waals surface area contributed by atoms with Crippen molar-refractivity contribution >= 4 is 67.0 Å². The van der Waals surface area contributed by atoms with Crippen molar-refractivity contribution in [3.63, 3.8) is 0 Å². The van der Waals surface area contributed by atoms with Gasteiger partial charge in [0.1, 0.15) is 5.69 Å². The van der Waals surface area contributed by atoms with E-state index in [1.807, 2.05) is 48.1 Å². The summed E-state index contributed by atoms with van der Waals surface area (Å²) in [5.74, 6) is 0. The van der Waals surface area contributed by atoms with Crippen LogP contribution in [0.25, 0.3) is 16.3 Å². The first kappa shape index (κ1) is 16.4. The Bertz CT molecular complexity index is 942. The van der Waals surface area contributed by atoms with Gasteiger partial charge in [0.05, 0.1) is 11.4 Å². The molecule has 0 atom stereocenters. The van der Waals surface area contributed by atoms with E-state index in [-0.39, 0.29) is 17.0 Å². The zero-order valence-electron chi connectivity index (χ0n) is 12.0. The molecule has 23 heavy (non-hydrogen) atoms. The van der Waals surface area contributed by atoms with Crippen molar-refractivity contribution in [2.45, 2.75) is 6.92 Å². The summed E-state index contributed by atoms with van der Waals surface area (Å²) in [5.41, 5.74) is 3.95. The van der Waals surface area contributed by atoms with Crippen LogP contribution in [0, 0.1) is 6.92 Å². The summed E-state index contributed by atoms with van der Waals surface area (Å²) in [6, 6.07) is 7.58. The second kappa shape index (κ2) is 6.60. The van der Waals surface area contributed by atoms with E-state index in [4.69, 9.17) is 11.6 Å². The molecule has 0 saturated heterocycles. The van der Waals surface area contributed by atoms with Gasteiger partial charge in [-0.2, -0.15) is 0 Å². The highest BCUT2D eigenvalue weighted by Gasteiger charge is 2.14. The first-order valence-corrected chi connectivity index (χ1v) is 8.75. The average molecular weight is 428 g/mol. The maximum absolute atomic E-state index is 5.90. The van der Waals surface area contributed by atoms with Crippen LogP contribution in [0.2, 0.25) is 5.02 Å². The molecule has 4 rings (SSSR count). The van der Waals surface area contributed by atoms with Crippen molar-refractivity contribution < 1.29 is 0 Å². The fraction of sp³-hybridized carbons (Fsp3) is 0.0667. The molecule has 0 fully saturated rings. The molecule has 0 bridgehead atoms. The van der Waals surface area contributed by atoms with Crippen molar-refractivity contribution in [3.05, 3.63) is 51.9 Å². The maximum Gasteiger partial charge on any atom is 0.194 e. The lowest BCUT2D eigenvalue weighted by Crippen LogP contribution is -1.90. The summed E-state index contributed by atoms with van der Waals surface area (Å²) < 4.78 is 2.08. The van der Waals surface area contributed by atoms with Crippen molar-refractivity contribution in [1.82, 2.24) is 14.4 Å². The van der Waals surface area contributed by atoms with E-state index in [0.717, 1.165) is 37.9 Å². The summed E-state index contributed by atoms with van der Waals surface area (Å²) in [5, 5.41) is 8.95. The van der Waals surface area contributed by atoms with Gasteiger partial charge in [-0.1, -0.05) is 11.6 Å². The highest BCUT2D eigenvalue weighted by atomic mass is 79.9. The number of nitrogens with one attached hydrogen (secondary N) is 1. The molecule has 1 aromatic carbocycles. The minimum atomic E-state index is 0. The number of benzene rings is 1. The number of aryl methyl sites for hydroxylation is 1. The Labute approximate surface area is 156 Å². The molecule has 0 aliphatic rings. The molecule has 0 aliphatic heterocycles. The van der Waals surface area contributed by atoms with E-state index in [1.165, 1.54) is 0 Å². The zero-order valence-corrected chi connectivity index (χ0v) is 16.1. The number of thiazole rings is 2. The molecule has 0 saturated carbocycles. The summed E-state index contributed by atoms with van der Waals surface area (Å²) in [7, 11) is 0. The largest absolute Gasteiger partial charge is 0.332 e. The molecule has 0 aliphatic carbocycles. The highest BCUT2D eigenvalue weighted by Crippen LogP contribution is 2.31. The van der Waals surface area contributed by atoms with Gasteiger partial charge >= 0.3 is 0 Å². The lowest BCUT2D eigenvalue weighted by Gasteiger charge is -2.02. The zero-order chi connectivity index (χ0) is 15.1. The fourth-order valence-corrected chi connectivity index (χ4v) is 3.90. The van der Waals surface area contributed by atoms with Gasteiger partial charge in [-0.15, -0.1) is 39.7 Å². The first-order chi connectivity index (χ1) is 10.7. The molecule has 4 nitrogen and oxygen atoms in total. The quantitative estimate of drug-likeness (QED) is 0.449. The minimum Gasteiger partial charge on any atom is -0.332 e. The summed E-state index contributed by atoms with van der Waals surface area (Å²) in [6.07, 6.45) is 2.03. The normalized spacial score (nSPS) is 10.7. The highest BCUT2D eigenvalue weighted by molar-refractivity contribution is 8.93. The van der Waals surface area contributed by atoms with Gasteiger partial charge in [0.15, 0.2) is 10.1 Å². The van der Waals surface area contributed by atoms with E-state index in [9.17, 15) is 0 Å². The summed E-state index contributed by atoms with van der Waals surface area (Å²) in [4.78, 5) is 10.2. The Morgan fingerprint density at radius 2 is 1.91 bits per heavy atom. The predicted molar refractivity (Wildman–Crippen MR) is 104 cm³/mol. The number of aromatic nitrogens is 3. The molecule has 118 valence electrons. The topological polar surface area (TPSA) is 42.2 Å². The third-order valence-corrected chi connectivity index (χ3v) is 5.05. The molecule has 0 unspecified atom stereocenters. The van der Waals surface area contributed by atoms with E-state index >= 15 is 0 Å².